The largest absolute Gasteiger partial charge is 0.291 e. The molecule has 1 atom stereocenters. The molecule has 1 aliphatic heterocycles. The fraction of sp³-hybridized carbons (Fsp3) is 0.562. The normalized spacial score (nSPS) is 21.0. The Bertz CT molecular complexity index is 544. The van der Waals surface area contributed by atoms with Crippen LogP contribution in [0.25, 0.3) is 0 Å². The maximum Gasteiger partial charge on any atom is 0.0638 e. The van der Waals surface area contributed by atoms with Gasteiger partial charge in [0.2, 0.25) is 0 Å². The number of aromatic nitrogens is 2. The van der Waals surface area contributed by atoms with E-state index in [0.29, 0.717) is 6.04 Å². The van der Waals surface area contributed by atoms with Crippen molar-refractivity contribution in [3.63, 3.8) is 0 Å². The fourth-order valence-electron chi connectivity index (χ4n) is 3.18. The highest BCUT2D eigenvalue weighted by Crippen LogP contribution is 2.33. The predicted molar refractivity (Wildman–Crippen MR) is 83.9 cm³/mol. The summed E-state index contributed by atoms with van der Waals surface area (Å²) in [6.07, 6.45) is 7.50. The van der Waals surface area contributed by atoms with Gasteiger partial charge < -0.3 is 0 Å². The maximum absolute atomic E-state index is 4.48. The van der Waals surface area contributed by atoms with Gasteiger partial charge in [0.15, 0.2) is 0 Å². The minimum Gasteiger partial charge on any atom is -0.291 e. The minimum atomic E-state index is 0.595. The summed E-state index contributed by atoms with van der Waals surface area (Å²) in [5, 5.41) is 6.68. The van der Waals surface area contributed by atoms with Gasteiger partial charge in [-0.3, -0.25) is 9.58 Å². The quantitative estimate of drug-likeness (QED) is 0.854. The lowest BCUT2D eigenvalue weighted by atomic mass is 10.1. The molecule has 0 aromatic carbocycles. The second kappa shape index (κ2) is 6.10. The summed E-state index contributed by atoms with van der Waals surface area (Å²) in [4.78, 5) is 4.18. The van der Waals surface area contributed by atoms with Crippen LogP contribution in [0, 0.1) is 6.92 Å². The van der Waals surface area contributed by atoms with Gasteiger partial charge in [0.05, 0.1) is 5.69 Å². The molecule has 0 aliphatic carbocycles. The van der Waals surface area contributed by atoms with Gasteiger partial charge in [-0.1, -0.05) is 18.9 Å². The van der Waals surface area contributed by atoms with Crippen LogP contribution in [-0.4, -0.2) is 21.2 Å². The van der Waals surface area contributed by atoms with Crippen molar-refractivity contribution >= 4 is 11.3 Å². The lowest BCUT2D eigenvalue weighted by Gasteiger charge is -2.29. The van der Waals surface area contributed by atoms with Crippen molar-refractivity contribution in [2.75, 3.05) is 6.54 Å². The van der Waals surface area contributed by atoms with Gasteiger partial charge in [0, 0.05) is 36.3 Å². The molecule has 108 valence electrons. The average molecular weight is 289 g/mol. The fourth-order valence-corrected chi connectivity index (χ4v) is 4.08. The van der Waals surface area contributed by atoms with E-state index in [1.807, 2.05) is 23.1 Å². The molecular weight excluding hydrogens is 266 g/mol. The van der Waals surface area contributed by atoms with Crippen molar-refractivity contribution in [1.29, 1.82) is 0 Å². The van der Waals surface area contributed by atoms with E-state index in [1.54, 1.807) is 0 Å². The number of thiophene rings is 1. The SMILES string of the molecule is Cc1nn(C)cc1CN1CCCCC[C@@H]1c1cccs1. The molecule has 2 aromatic heterocycles. The van der Waals surface area contributed by atoms with Crippen LogP contribution in [0.2, 0.25) is 0 Å². The molecule has 0 N–H and O–H groups in total. The summed E-state index contributed by atoms with van der Waals surface area (Å²) in [5.41, 5.74) is 2.54. The Morgan fingerprint density at radius 3 is 2.95 bits per heavy atom. The first-order valence-corrected chi connectivity index (χ1v) is 8.38. The van der Waals surface area contributed by atoms with Crippen molar-refractivity contribution in [3.8, 4) is 0 Å². The Morgan fingerprint density at radius 1 is 1.35 bits per heavy atom. The molecule has 1 saturated heterocycles. The van der Waals surface area contributed by atoms with Gasteiger partial charge in [0.1, 0.15) is 0 Å². The molecule has 4 heteroatoms. The zero-order valence-corrected chi connectivity index (χ0v) is 13.2. The predicted octanol–water partition coefficient (Wildman–Crippen LogP) is 3.91. The number of rotatable bonds is 3. The first kappa shape index (κ1) is 13.8. The molecule has 0 radical (unpaired) electrons. The zero-order valence-electron chi connectivity index (χ0n) is 12.4. The van der Waals surface area contributed by atoms with E-state index in [1.165, 1.54) is 48.4 Å². The molecule has 0 unspecified atom stereocenters. The van der Waals surface area contributed by atoms with Crippen LogP contribution >= 0.6 is 11.3 Å². The van der Waals surface area contributed by atoms with Gasteiger partial charge >= 0.3 is 0 Å². The van der Waals surface area contributed by atoms with Crippen LogP contribution in [0.15, 0.2) is 23.7 Å². The second-order valence-corrected chi connectivity index (χ2v) is 6.74. The van der Waals surface area contributed by atoms with E-state index in [-0.39, 0.29) is 0 Å². The number of nitrogens with zero attached hydrogens (tertiary/aromatic N) is 3. The number of hydrogen-bond donors (Lipinski definition) is 0. The van der Waals surface area contributed by atoms with Crippen molar-refractivity contribution in [3.05, 3.63) is 39.8 Å². The second-order valence-electron chi connectivity index (χ2n) is 5.76. The van der Waals surface area contributed by atoms with E-state index in [4.69, 9.17) is 0 Å². The molecule has 0 amide bonds. The topological polar surface area (TPSA) is 21.1 Å². The zero-order chi connectivity index (χ0) is 13.9. The van der Waals surface area contributed by atoms with E-state index in [9.17, 15) is 0 Å². The Labute approximate surface area is 125 Å². The third-order valence-corrected chi connectivity index (χ3v) is 5.20. The van der Waals surface area contributed by atoms with E-state index < -0.39 is 0 Å². The average Bonchev–Trinajstić information content (AvgIpc) is 2.97. The highest BCUT2D eigenvalue weighted by molar-refractivity contribution is 7.10. The maximum atomic E-state index is 4.48. The molecule has 20 heavy (non-hydrogen) atoms. The first-order chi connectivity index (χ1) is 9.74. The highest BCUT2D eigenvalue weighted by atomic mass is 32.1. The molecule has 3 nitrogen and oxygen atoms in total. The molecule has 0 saturated carbocycles. The number of likely N-dealkylation sites (tertiary alicyclic amines) is 1. The summed E-state index contributed by atoms with van der Waals surface area (Å²) in [5.74, 6) is 0. The molecular formula is C16H23N3S. The van der Waals surface area contributed by atoms with Gasteiger partial charge in [-0.2, -0.15) is 5.10 Å². The number of aryl methyl sites for hydroxylation is 2. The van der Waals surface area contributed by atoms with Gasteiger partial charge in [-0.05, 0) is 37.8 Å². The van der Waals surface area contributed by atoms with Gasteiger partial charge in [0.25, 0.3) is 0 Å². The first-order valence-electron chi connectivity index (χ1n) is 7.50. The third-order valence-electron chi connectivity index (χ3n) is 4.22. The summed E-state index contributed by atoms with van der Waals surface area (Å²) < 4.78 is 1.93. The monoisotopic (exact) mass is 289 g/mol. The Kier molecular flexibility index (Phi) is 4.22. The van der Waals surface area contributed by atoms with Crippen LogP contribution in [0.4, 0.5) is 0 Å². The van der Waals surface area contributed by atoms with Crippen LogP contribution in [0.5, 0.6) is 0 Å². The third kappa shape index (κ3) is 2.96. The van der Waals surface area contributed by atoms with E-state index in [2.05, 4.69) is 40.6 Å². The molecule has 2 aromatic rings. The molecule has 3 heterocycles. The van der Waals surface area contributed by atoms with E-state index in [0.717, 1.165) is 6.54 Å². The Balaban J connectivity index is 1.82. The van der Waals surface area contributed by atoms with Gasteiger partial charge in [-0.15, -0.1) is 11.3 Å². The minimum absolute atomic E-state index is 0.595. The molecule has 1 fully saturated rings. The highest BCUT2D eigenvalue weighted by Gasteiger charge is 2.24. The standard InChI is InChI=1S/C16H23N3S/c1-13-14(11-18(2)17-13)12-19-9-5-3-4-7-15(19)16-8-6-10-20-16/h6,8,10-11,15H,3-5,7,9,12H2,1-2H3/t15-/m1/s1. The van der Waals surface area contributed by atoms with Crippen molar-refractivity contribution in [2.45, 2.75) is 45.2 Å². The van der Waals surface area contributed by atoms with Crippen molar-refractivity contribution < 1.29 is 0 Å². The molecule has 1 aliphatic rings. The van der Waals surface area contributed by atoms with Crippen molar-refractivity contribution in [2.24, 2.45) is 7.05 Å². The number of hydrogen-bond acceptors (Lipinski definition) is 3. The summed E-state index contributed by atoms with van der Waals surface area (Å²) in [6.45, 7) is 4.35. The summed E-state index contributed by atoms with van der Waals surface area (Å²) in [7, 11) is 2.01. The molecule has 0 bridgehead atoms. The smallest absolute Gasteiger partial charge is 0.0638 e. The lowest BCUT2D eigenvalue weighted by Crippen LogP contribution is -2.27. The molecule has 0 spiro atoms. The summed E-state index contributed by atoms with van der Waals surface area (Å²) in [6, 6.07) is 5.07. The van der Waals surface area contributed by atoms with Crippen LogP contribution < -0.4 is 0 Å². The Hall–Kier alpha value is -1.13. The van der Waals surface area contributed by atoms with Crippen LogP contribution in [0.1, 0.15) is 47.9 Å². The van der Waals surface area contributed by atoms with Crippen LogP contribution in [-0.2, 0) is 13.6 Å². The van der Waals surface area contributed by atoms with Crippen molar-refractivity contribution in [1.82, 2.24) is 14.7 Å². The lowest BCUT2D eigenvalue weighted by molar-refractivity contribution is 0.195. The molecule has 3 rings (SSSR count). The van der Waals surface area contributed by atoms with Crippen LogP contribution in [0.3, 0.4) is 0 Å². The van der Waals surface area contributed by atoms with Gasteiger partial charge in [-0.25, -0.2) is 0 Å². The Morgan fingerprint density at radius 2 is 2.25 bits per heavy atom. The van der Waals surface area contributed by atoms with E-state index >= 15 is 0 Å². The summed E-state index contributed by atoms with van der Waals surface area (Å²) >= 11 is 1.90.